The van der Waals surface area contributed by atoms with Crippen LogP contribution in [-0.2, 0) is 25.5 Å². The van der Waals surface area contributed by atoms with Gasteiger partial charge >= 0.3 is 5.97 Å². The number of piperidine rings is 2. The maximum absolute atomic E-state index is 14.2. The first-order valence-electron chi connectivity index (χ1n) is 15.5. The van der Waals surface area contributed by atoms with Crippen molar-refractivity contribution in [2.75, 3.05) is 41.0 Å². The molecule has 2 heterocycles. The molecule has 230 valence electrons. The van der Waals surface area contributed by atoms with Crippen LogP contribution in [-0.4, -0.2) is 68.5 Å². The Morgan fingerprint density at radius 1 is 0.953 bits per heavy atom. The largest absolute Gasteiger partial charge is 0.493 e. The Balaban J connectivity index is 1.35. The van der Waals surface area contributed by atoms with Crippen molar-refractivity contribution in [3.63, 3.8) is 0 Å². The van der Waals surface area contributed by atoms with Gasteiger partial charge in [0.05, 0.1) is 21.3 Å². The zero-order valence-electron chi connectivity index (χ0n) is 25.7. The minimum absolute atomic E-state index is 0.00855. The Morgan fingerprint density at radius 3 is 2.40 bits per heavy atom. The van der Waals surface area contributed by atoms with Gasteiger partial charge in [-0.2, -0.15) is 0 Å². The van der Waals surface area contributed by atoms with Gasteiger partial charge in [0.2, 0.25) is 11.8 Å². The minimum Gasteiger partial charge on any atom is -0.493 e. The van der Waals surface area contributed by atoms with E-state index in [-0.39, 0.29) is 24.2 Å². The third-order valence-electron chi connectivity index (χ3n) is 9.57. The molecule has 0 spiro atoms. The highest BCUT2D eigenvalue weighted by Gasteiger charge is 2.54. The van der Waals surface area contributed by atoms with Gasteiger partial charge in [0, 0.05) is 37.7 Å². The van der Waals surface area contributed by atoms with Crippen LogP contribution in [0.25, 0.3) is 0 Å². The number of methoxy groups -OCH3 is 3. The summed E-state index contributed by atoms with van der Waals surface area (Å²) in [5, 5.41) is 0. The lowest BCUT2D eigenvalue weighted by Gasteiger charge is -2.46. The number of benzene rings is 2. The quantitative estimate of drug-likeness (QED) is 0.359. The fourth-order valence-electron chi connectivity index (χ4n) is 7.24. The normalized spacial score (nSPS) is 22.7. The predicted octanol–water partition coefficient (Wildman–Crippen LogP) is 5.51. The first-order chi connectivity index (χ1) is 20.9. The van der Waals surface area contributed by atoms with Crippen molar-refractivity contribution < 1.29 is 28.6 Å². The molecule has 0 aromatic heterocycles. The van der Waals surface area contributed by atoms with Gasteiger partial charge in [0.25, 0.3) is 0 Å². The summed E-state index contributed by atoms with van der Waals surface area (Å²) in [6.07, 6.45) is 8.07. The summed E-state index contributed by atoms with van der Waals surface area (Å²) in [6, 6.07) is 16.2. The highest BCUT2D eigenvalue weighted by atomic mass is 16.5. The number of carbonyl (C=O) groups is 3. The molecular formula is C35H44N2O6. The number of likely N-dealkylation sites (tertiary alicyclic amines) is 2. The third-order valence-corrected chi connectivity index (χ3v) is 9.57. The van der Waals surface area contributed by atoms with Crippen molar-refractivity contribution >= 4 is 17.8 Å². The SMILES string of the molecule is COC(=O)[C@]12CCCCC=C1N(CCc1ccc(OC)c(OC)c1)C(=O)[C@H](CC(=O)N1CCC(c3ccccc3)CC1)C2. The van der Waals surface area contributed by atoms with Gasteiger partial charge in [-0.1, -0.05) is 48.9 Å². The van der Waals surface area contributed by atoms with E-state index in [1.165, 1.54) is 12.7 Å². The molecule has 2 fully saturated rings. The van der Waals surface area contributed by atoms with Crippen molar-refractivity contribution in [2.45, 2.75) is 63.7 Å². The molecule has 5 rings (SSSR count). The highest BCUT2D eigenvalue weighted by Crippen LogP contribution is 2.49. The zero-order chi connectivity index (χ0) is 30.4. The lowest BCUT2D eigenvalue weighted by molar-refractivity contribution is -0.160. The number of fused-ring (bicyclic) bond motifs is 1. The van der Waals surface area contributed by atoms with Crippen LogP contribution in [0.3, 0.4) is 0 Å². The van der Waals surface area contributed by atoms with Crippen molar-refractivity contribution in [3.8, 4) is 11.5 Å². The summed E-state index contributed by atoms with van der Waals surface area (Å²) >= 11 is 0. The minimum atomic E-state index is -0.929. The molecule has 2 saturated heterocycles. The van der Waals surface area contributed by atoms with Gasteiger partial charge in [0.1, 0.15) is 5.41 Å². The zero-order valence-corrected chi connectivity index (χ0v) is 25.7. The monoisotopic (exact) mass is 588 g/mol. The molecule has 1 aliphatic carbocycles. The number of hydrogen-bond donors (Lipinski definition) is 0. The summed E-state index contributed by atoms with van der Waals surface area (Å²) in [6.45, 7) is 1.75. The second-order valence-electron chi connectivity index (χ2n) is 12.0. The van der Waals surface area contributed by atoms with E-state index < -0.39 is 11.3 Å². The van der Waals surface area contributed by atoms with Crippen LogP contribution in [0.15, 0.2) is 60.3 Å². The molecular weight excluding hydrogens is 544 g/mol. The number of esters is 1. The Labute approximate surface area is 255 Å². The molecule has 0 bridgehead atoms. The third kappa shape index (κ3) is 6.43. The molecule has 43 heavy (non-hydrogen) atoms. The fraction of sp³-hybridized carbons (Fsp3) is 0.514. The number of rotatable bonds is 9. The van der Waals surface area contributed by atoms with Gasteiger partial charge in [-0.15, -0.1) is 0 Å². The molecule has 2 amide bonds. The Bertz CT molecular complexity index is 1330. The van der Waals surface area contributed by atoms with E-state index >= 15 is 0 Å². The summed E-state index contributed by atoms with van der Waals surface area (Å²) in [5.41, 5.74) is 2.12. The van der Waals surface area contributed by atoms with Gasteiger partial charge in [-0.3, -0.25) is 14.4 Å². The van der Waals surface area contributed by atoms with Crippen LogP contribution >= 0.6 is 0 Å². The van der Waals surface area contributed by atoms with Crippen LogP contribution < -0.4 is 9.47 Å². The van der Waals surface area contributed by atoms with Gasteiger partial charge in [-0.25, -0.2) is 0 Å². The molecule has 0 unspecified atom stereocenters. The molecule has 0 saturated carbocycles. The number of nitrogens with zero attached hydrogens (tertiary/aromatic N) is 2. The van der Waals surface area contributed by atoms with E-state index in [4.69, 9.17) is 14.2 Å². The van der Waals surface area contributed by atoms with Crippen molar-refractivity contribution in [1.29, 1.82) is 0 Å². The van der Waals surface area contributed by atoms with Gasteiger partial charge < -0.3 is 24.0 Å². The summed E-state index contributed by atoms with van der Waals surface area (Å²) < 4.78 is 16.3. The van der Waals surface area contributed by atoms with Crippen molar-refractivity contribution in [1.82, 2.24) is 9.80 Å². The highest BCUT2D eigenvalue weighted by molar-refractivity contribution is 5.92. The molecule has 2 aromatic carbocycles. The standard InChI is InChI=1S/C35H44N2O6/c1-41-29-14-13-25(22-30(29)42-2)15-21-37-31-12-8-5-9-18-35(31,34(40)43-3)24-28(33(37)39)23-32(38)36-19-16-27(17-20-36)26-10-6-4-7-11-26/h4,6-7,10-14,22,27-28H,5,8-9,15-21,23-24H2,1-3H3/t28-,35+/m1/s1. The lowest BCUT2D eigenvalue weighted by atomic mass is 9.69. The summed E-state index contributed by atoms with van der Waals surface area (Å²) in [4.78, 5) is 45.0. The van der Waals surface area contributed by atoms with Gasteiger partial charge in [-0.05, 0) is 74.1 Å². The molecule has 0 N–H and O–H groups in total. The van der Waals surface area contributed by atoms with Crippen molar-refractivity contribution in [2.24, 2.45) is 11.3 Å². The molecule has 8 heteroatoms. The smallest absolute Gasteiger partial charge is 0.317 e. The van der Waals surface area contributed by atoms with Gasteiger partial charge in [0.15, 0.2) is 11.5 Å². The van der Waals surface area contributed by atoms with E-state index in [9.17, 15) is 14.4 Å². The second-order valence-corrected chi connectivity index (χ2v) is 12.0. The van der Waals surface area contributed by atoms with Crippen LogP contribution in [0.4, 0.5) is 0 Å². The first-order valence-corrected chi connectivity index (χ1v) is 15.5. The summed E-state index contributed by atoms with van der Waals surface area (Å²) in [5.74, 6) is 0.718. The van der Waals surface area contributed by atoms with Crippen LogP contribution in [0.1, 0.15) is 68.4 Å². The average molecular weight is 589 g/mol. The molecule has 8 nitrogen and oxygen atoms in total. The molecule has 2 atom stereocenters. The molecule has 2 aliphatic heterocycles. The predicted molar refractivity (Wildman–Crippen MR) is 164 cm³/mol. The van der Waals surface area contributed by atoms with Crippen LogP contribution in [0, 0.1) is 11.3 Å². The second kappa shape index (κ2) is 13.7. The van der Waals surface area contributed by atoms with E-state index in [2.05, 4.69) is 30.3 Å². The average Bonchev–Trinajstić information content (AvgIpc) is 3.27. The Hall–Kier alpha value is -3.81. The molecule has 3 aliphatic rings. The number of carbonyl (C=O) groups excluding carboxylic acids is 3. The first kappa shape index (κ1) is 30.6. The van der Waals surface area contributed by atoms with E-state index in [1.807, 2.05) is 29.2 Å². The maximum atomic E-state index is 14.2. The number of amides is 2. The van der Waals surface area contributed by atoms with E-state index in [0.29, 0.717) is 56.3 Å². The van der Waals surface area contributed by atoms with E-state index in [1.54, 1.807) is 19.1 Å². The van der Waals surface area contributed by atoms with Crippen LogP contribution in [0.5, 0.6) is 11.5 Å². The van der Waals surface area contributed by atoms with Crippen molar-refractivity contribution in [3.05, 3.63) is 71.4 Å². The Kier molecular flexibility index (Phi) is 9.73. The number of hydrogen-bond acceptors (Lipinski definition) is 6. The van der Waals surface area contributed by atoms with E-state index in [0.717, 1.165) is 43.4 Å². The molecule has 0 radical (unpaired) electrons. The lowest BCUT2D eigenvalue weighted by Crippen LogP contribution is -2.54. The number of allylic oxidation sites excluding steroid dienone is 1. The maximum Gasteiger partial charge on any atom is 0.317 e. The topological polar surface area (TPSA) is 85.4 Å². The van der Waals surface area contributed by atoms with Crippen LogP contribution in [0.2, 0.25) is 0 Å². The Morgan fingerprint density at radius 2 is 1.70 bits per heavy atom. The number of ether oxygens (including phenoxy) is 3. The summed E-state index contributed by atoms with van der Waals surface area (Å²) in [7, 11) is 4.62. The fourth-order valence-corrected chi connectivity index (χ4v) is 7.24. The molecule has 2 aromatic rings.